The zero-order valence-corrected chi connectivity index (χ0v) is 13.3. The van der Waals surface area contributed by atoms with Gasteiger partial charge in [0.15, 0.2) is 0 Å². The van der Waals surface area contributed by atoms with Gasteiger partial charge in [-0.05, 0) is 24.2 Å². The zero-order chi connectivity index (χ0) is 15.7. The Morgan fingerprint density at radius 3 is 2.30 bits per heavy atom. The van der Waals surface area contributed by atoms with Gasteiger partial charge in [0, 0.05) is 6.07 Å². The summed E-state index contributed by atoms with van der Waals surface area (Å²) < 4.78 is 5.90. The number of aromatic carboxylic acids is 1. The van der Waals surface area contributed by atoms with Gasteiger partial charge in [-0.1, -0.05) is 20.8 Å². The SMILES string of the molecule is CC(C)(C)[Si](C)(C)Oc1cc([N+](=O)[O-])ccc1C(=O)O. The van der Waals surface area contributed by atoms with Crippen molar-refractivity contribution in [1.82, 2.24) is 0 Å². The third kappa shape index (κ3) is 3.35. The largest absolute Gasteiger partial charge is 0.543 e. The van der Waals surface area contributed by atoms with Crippen LogP contribution in [0.4, 0.5) is 5.69 Å². The summed E-state index contributed by atoms with van der Waals surface area (Å²) >= 11 is 0. The molecule has 0 bridgehead atoms. The van der Waals surface area contributed by atoms with Crippen LogP contribution >= 0.6 is 0 Å². The van der Waals surface area contributed by atoms with Gasteiger partial charge in [0.05, 0.1) is 11.0 Å². The van der Waals surface area contributed by atoms with Crippen molar-refractivity contribution in [2.75, 3.05) is 0 Å². The van der Waals surface area contributed by atoms with Gasteiger partial charge in [-0.25, -0.2) is 4.79 Å². The van der Waals surface area contributed by atoms with E-state index in [0.29, 0.717) is 0 Å². The van der Waals surface area contributed by atoms with Crippen molar-refractivity contribution in [2.45, 2.75) is 38.9 Å². The van der Waals surface area contributed by atoms with Crippen molar-refractivity contribution >= 4 is 20.0 Å². The Morgan fingerprint density at radius 1 is 1.35 bits per heavy atom. The molecule has 1 aromatic rings. The average Bonchev–Trinajstić information content (AvgIpc) is 2.26. The van der Waals surface area contributed by atoms with Crippen LogP contribution in [0.3, 0.4) is 0 Å². The highest BCUT2D eigenvalue weighted by Crippen LogP contribution is 2.39. The number of benzene rings is 1. The molecule has 0 spiro atoms. The van der Waals surface area contributed by atoms with Crippen LogP contribution in [-0.4, -0.2) is 24.3 Å². The van der Waals surface area contributed by atoms with Gasteiger partial charge >= 0.3 is 5.97 Å². The number of nitrogens with zero attached hydrogens (tertiary/aromatic N) is 1. The van der Waals surface area contributed by atoms with Crippen molar-refractivity contribution in [3.05, 3.63) is 33.9 Å². The highest BCUT2D eigenvalue weighted by molar-refractivity contribution is 6.74. The topological polar surface area (TPSA) is 89.7 Å². The Kier molecular flexibility index (Phi) is 4.23. The minimum Gasteiger partial charge on any atom is -0.543 e. The molecule has 1 aromatic carbocycles. The number of non-ortho nitro benzene ring substituents is 1. The Balaban J connectivity index is 3.31. The van der Waals surface area contributed by atoms with Crippen LogP contribution in [0, 0.1) is 10.1 Å². The summed E-state index contributed by atoms with van der Waals surface area (Å²) in [6.07, 6.45) is 0. The van der Waals surface area contributed by atoms with Crippen molar-refractivity contribution in [2.24, 2.45) is 0 Å². The van der Waals surface area contributed by atoms with Crippen LogP contribution in [-0.2, 0) is 0 Å². The molecule has 0 fully saturated rings. The van der Waals surface area contributed by atoms with Crippen LogP contribution in [0.1, 0.15) is 31.1 Å². The number of rotatable bonds is 4. The van der Waals surface area contributed by atoms with E-state index >= 15 is 0 Å². The summed E-state index contributed by atoms with van der Waals surface area (Å²) in [5.41, 5.74) is -0.232. The lowest BCUT2D eigenvalue weighted by atomic mass is 10.2. The van der Waals surface area contributed by atoms with E-state index < -0.39 is 19.2 Å². The van der Waals surface area contributed by atoms with Crippen molar-refractivity contribution in [1.29, 1.82) is 0 Å². The Morgan fingerprint density at radius 2 is 1.90 bits per heavy atom. The molecule has 1 N–H and O–H groups in total. The van der Waals surface area contributed by atoms with Crippen molar-refractivity contribution in [3.8, 4) is 5.75 Å². The molecule has 0 saturated carbocycles. The molecule has 0 heterocycles. The molecule has 0 aliphatic carbocycles. The fourth-order valence-corrected chi connectivity index (χ4v) is 2.34. The lowest BCUT2D eigenvalue weighted by Gasteiger charge is -2.36. The molecule has 0 saturated heterocycles. The molecule has 0 amide bonds. The second-order valence-electron chi connectivity index (χ2n) is 6.11. The summed E-state index contributed by atoms with van der Waals surface area (Å²) in [4.78, 5) is 21.4. The standard InChI is InChI=1S/C13H19NO5Si/c1-13(2,3)20(4,5)19-11-8-9(14(17)18)6-7-10(11)12(15)16/h6-8H,1-5H3,(H,15,16). The van der Waals surface area contributed by atoms with Crippen LogP contribution in [0.25, 0.3) is 0 Å². The highest BCUT2D eigenvalue weighted by atomic mass is 28.4. The highest BCUT2D eigenvalue weighted by Gasteiger charge is 2.40. The van der Waals surface area contributed by atoms with Gasteiger partial charge in [-0.3, -0.25) is 10.1 Å². The lowest BCUT2D eigenvalue weighted by Crippen LogP contribution is -2.44. The first-order valence-corrected chi connectivity index (χ1v) is 9.07. The zero-order valence-electron chi connectivity index (χ0n) is 12.3. The van der Waals surface area contributed by atoms with Gasteiger partial charge in [-0.15, -0.1) is 0 Å². The molecule has 0 aliphatic rings. The lowest BCUT2D eigenvalue weighted by molar-refractivity contribution is -0.384. The maximum absolute atomic E-state index is 11.2. The molecule has 6 nitrogen and oxygen atoms in total. The Hall–Kier alpha value is -1.89. The minimum absolute atomic E-state index is 0.0552. The molecule has 0 unspecified atom stereocenters. The first kappa shape index (κ1) is 16.2. The number of nitro benzene ring substituents is 1. The van der Waals surface area contributed by atoms with Gasteiger partial charge in [-0.2, -0.15) is 0 Å². The minimum atomic E-state index is -2.27. The number of carbonyl (C=O) groups is 1. The van der Waals surface area contributed by atoms with Crippen LogP contribution in [0.5, 0.6) is 5.75 Å². The van der Waals surface area contributed by atoms with E-state index in [-0.39, 0.29) is 22.0 Å². The fraction of sp³-hybridized carbons (Fsp3) is 0.462. The van der Waals surface area contributed by atoms with E-state index in [9.17, 15) is 14.9 Å². The second-order valence-corrected chi connectivity index (χ2v) is 10.8. The third-order valence-corrected chi connectivity index (χ3v) is 7.92. The molecule has 1 rings (SSSR count). The van der Waals surface area contributed by atoms with Crippen LogP contribution < -0.4 is 4.43 Å². The van der Waals surface area contributed by atoms with Gasteiger partial charge in [0.1, 0.15) is 11.3 Å². The quantitative estimate of drug-likeness (QED) is 0.520. The van der Waals surface area contributed by atoms with E-state index in [1.807, 2.05) is 33.9 Å². The van der Waals surface area contributed by atoms with Gasteiger partial charge < -0.3 is 9.53 Å². The van der Waals surface area contributed by atoms with E-state index in [1.54, 1.807) is 0 Å². The fourth-order valence-electron chi connectivity index (χ4n) is 1.31. The first-order valence-electron chi connectivity index (χ1n) is 6.16. The molecule has 0 atom stereocenters. The van der Waals surface area contributed by atoms with Crippen molar-refractivity contribution < 1.29 is 19.3 Å². The molecular formula is C13H19NO5Si. The molecule has 0 aromatic heterocycles. The van der Waals surface area contributed by atoms with Crippen LogP contribution in [0.2, 0.25) is 18.1 Å². The number of carboxylic acids is 1. The first-order chi connectivity index (χ1) is 8.95. The molecule has 20 heavy (non-hydrogen) atoms. The number of carboxylic acid groups (broad SMARTS) is 1. The summed E-state index contributed by atoms with van der Waals surface area (Å²) in [6.45, 7) is 9.94. The smallest absolute Gasteiger partial charge is 0.339 e. The molecule has 7 heteroatoms. The molecule has 110 valence electrons. The summed E-state index contributed by atoms with van der Waals surface area (Å²) in [5.74, 6) is -1.09. The maximum atomic E-state index is 11.2. The number of hydrogen-bond donors (Lipinski definition) is 1. The van der Waals surface area contributed by atoms with E-state index in [0.717, 1.165) is 0 Å². The Labute approximate surface area is 118 Å². The summed E-state index contributed by atoms with van der Waals surface area (Å²) in [6, 6.07) is 3.56. The van der Waals surface area contributed by atoms with Crippen molar-refractivity contribution in [3.63, 3.8) is 0 Å². The van der Waals surface area contributed by atoms with E-state index in [4.69, 9.17) is 9.53 Å². The van der Waals surface area contributed by atoms with E-state index in [1.165, 1.54) is 18.2 Å². The number of hydrogen-bond acceptors (Lipinski definition) is 4. The molecule has 0 aliphatic heterocycles. The number of nitro groups is 1. The molecule has 0 radical (unpaired) electrons. The van der Waals surface area contributed by atoms with Crippen LogP contribution in [0.15, 0.2) is 18.2 Å². The third-order valence-electron chi connectivity index (χ3n) is 3.58. The van der Waals surface area contributed by atoms with Gasteiger partial charge in [0.2, 0.25) is 0 Å². The monoisotopic (exact) mass is 297 g/mol. The predicted molar refractivity (Wildman–Crippen MR) is 77.9 cm³/mol. The Bertz CT molecular complexity index is 548. The normalized spacial score (nSPS) is 12.1. The average molecular weight is 297 g/mol. The summed E-state index contributed by atoms with van der Waals surface area (Å²) in [5, 5.41) is 19.8. The van der Waals surface area contributed by atoms with E-state index in [2.05, 4.69) is 0 Å². The predicted octanol–water partition coefficient (Wildman–Crippen LogP) is 3.68. The molecular weight excluding hydrogens is 278 g/mol. The second kappa shape index (κ2) is 5.24. The maximum Gasteiger partial charge on any atom is 0.339 e. The van der Waals surface area contributed by atoms with Gasteiger partial charge in [0.25, 0.3) is 14.0 Å². The summed E-state index contributed by atoms with van der Waals surface area (Å²) in [7, 11) is -2.27.